The van der Waals surface area contributed by atoms with E-state index in [1.54, 1.807) is 24.9 Å². The molecule has 10 nitrogen and oxygen atoms in total. The second-order valence-corrected chi connectivity index (χ2v) is 8.56. The van der Waals surface area contributed by atoms with Gasteiger partial charge in [-0.05, 0) is 13.0 Å². The Hall–Kier alpha value is -3.39. The van der Waals surface area contributed by atoms with Crippen molar-refractivity contribution in [2.24, 2.45) is 0 Å². The van der Waals surface area contributed by atoms with Gasteiger partial charge in [0.1, 0.15) is 16.2 Å². The van der Waals surface area contributed by atoms with E-state index in [-0.39, 0.29) is 17.9 Å². The van der Waals surface area contributed by atoms with Crippen LogP contribution in [0.3, 0.4) is 0 Å². The van der Waals surface area contributed by atoms with Crippen molar-refractivity contribution in [2.75, 3.05) is 19.6 Å². The predicted octanol–water partition coefficient (Wildman–Crippen LogP) is 1.77. The molecule has 5 rings (SSSR count). The molecule has 1 saturated heterocycles. The van der Waals surface area contributed by atoms with E-state index in [2.05, 4.69) is 30.2 Å². The SMILES string of the molecule is O=C(Cc1csc(-c2cnccn2)n1)N1CCc2[nH]cnc2C12CCNC2.O=C(O)C(F)(F)F. The third-order valence-electron chi connectivity index (χ3n) is 5.60. The number of thiazole rings is 1. The molecule has 180 valence electrons. The molecule has 3 N–H and O–H groups in total. The van der Waals surface area contributed by atoms with Gasteiger partial charge in [0.25, 0.3) is 0 Å². The molecule has 0 saturated carbocycles. The zero-order chi connectivity index (χ0) is 24.3. The van der Waals surface area contributed by atoms with Gasteiger partial charge in [-0.3, -0.25) is 14.8 Å². The van der Waals surface area contributed by atoms with E-state index in [9.17, 15) is 18.0 Å². The molecule has 1 atom stereocenters. The van der Waals surface area contributed by atoms with Crippen LogP contribution in [0.25, 0.3) is 10.7 Å². The van der Waals surface area contributed by atoms with E-state index in [1.165, 1.54) is 11.3 Å². The number of nitrogens with one attached hydrogen (secondary N) is 2. The lowest BCUT2D eigenvalue weighted by molar-refractivity contribution is -0.192. The highest BCUT2D eigenvalue weighted by molar-refractivity contribution is 7.13. The Kier molecular flexibility index (Phi) is 6.61. The Bertz CT molecular complexity index is 1160. The minimum Gasteiger partial charge on any atom is -0.475 e. The number of carbonyl (C=O) groups is 2. The predicted molar refractivity (Wildman–Crippen MR) is 114 cm³/mol. The maximum Gasteiger partial charge on any atom is 0.490 e. The molecule has 0 bridgehead atoms. The number of aromatic amines is 1. The second kappa shape index (κ2) is 9.46. The average Bonchev–Trinajstić information content (AvgIpc) is 3.56. The van der Waals surface area contributed by atoms with Crippen LogP contribution in [0.5, 0.6) is 0 Å². The van der Waals surface area contributed by atoms with Gasteiger partial charge >= 0.3 is 12.1 Å². The Morgan fingerprint density at radius 2 is 2.06 bits per heavy atom. The van der Waals surface area contributed by atoms with Crippen LogP contribution in [0.4, 0.5) is 13.2 Å². The van der Waals surface area contributed by atoms with Crippen molar-refractivity contribution >= 4 is 23.2 Å². The summed E-state index contributed by atoms with van der Waals surface area (Å²) in [5.41, 5.74) is 3.34. The van der Waals surface area contributed by atoms with Crippen molar-refractivity contribution in [2.45, 2.75) is 31.0 Å². The summed E-state index contributed by atoms with van der Waals surface area (Å²) in [7, 11) is 0. The molecule has 0 radical (unpaired) electrons. The van der Waals surface area contributed by atoms with Gasteiger partial charge in [-0.2, -0.15) is 13.2 Å². The van der Waals surface area contributed by atoms with Gasteiger partial charge < -0.3 is 20.3 Å². The molecule has 14 heteroatoms. The molecule has 5 heterocycles. The molecule has 1 spiro atoms. The first-order valence-corrected chi connectivity index (χ1v) is 11.1. The third-order valence-corrected chi connectivity index (χ3v) is 6.52. The minimum absolute atomic E-state index is 0.100. The summed E-state index contributed by atoms with van der Waals surface area (Å²) in [5.74, 6) is -2.66. The summed E-state index contributed by atoms with van der Waals surface area (Å²) in [4.78, 5) is 44.9. The monoisotopic (exact) mass is 495 g/mol. The zero-order valence-electron chi connectivity index (χ0n) is 17.7. The number of amides is 1. The lowest BCUT2D eigenvalue weighted by Gasteiger charge is -2.43. The van der Waals surface area contributed by atoms with Gasteiger partial charge in [0.05, 0.1) is 30.3 Å². The van der Waals surface area contributed by atoms with Crippen molar-refractivity contribution in [3.05, 3.63) is 47.4 Å². The number of aliphatic carboxylic acids is 1. The number of fused-ring (bicyclic) bond motifs is 2. The Morgan fingerprint density at radius 3 is 2.71 bits per heavy atom. The smallest absolute Gasteiger partial charge is 0.475 e. The van der Waals surface area contributed by atoms with Crippen molar-refractivity contribution < 1.29 is 27.9 Å². The molecule has 1 fully saturated rings. The molecule has 3 aromatic rings. The number of alkyl halides is 3. The van der Waals surface area contributed by atoms with Crippen molar-refractivity contribution in [3.63, 3.8) is 0 Å². The molecule has 1 unspecified atom stereocenters. The summed E-state index contributed by atoms with van der Waals surface area (Å²) >= 11 is 1.49. The van der Waals surface area contributed by atoms with Gasteiger partial charge in [-0.25, -0.2) is 14.8 Å². The van der Waals surface area contributed by atoms with Crippen LogP contribution < -0.4 is 5.32 Å². The van der Waals surface area contributed by atoms with Crippen LogP contribution in [-0.2, 0) is 28.0 Å². The maximum atomic E-state index is 13.2. The normalized spacial score (nSPS) is 19.4. The number of nitrogens with zero attached hydrogens (tertiary/aromatic N) is 5. The number of H-pyrrole nitrogens is 1. The molecule has 2 aliphatic rings. The van der Waals surface area contributed by atoms with Crippen molar-refractivity contribution in [1.29, 1.82) is 0 Å². The number of aromatic nitrogens is 5. The van der Waals surface area contributed by atoms with E-state index < -0.39 is 12.1 Å². The number of halogens is 3. The summed E-state index contributed by atoms with van der Waals surface area (Å²) in [5, 5.41) is 13.3. The standard InChI is InChI=1S/C18H19N7OS.C2HF3O2/c26-15(7-12-9-27-17(24-12)14-8-19-4-5-21-14)25-6-1-13-16(23-11-22-13)18(25)2-3-20-10-18;3-2(4,5)1(6)7/h4-5,8-9,11,20H,1-3,6-7,10H2,(H,22,23);(H,6,7). The van der Waals surface area contributed by atoms with Crippen LogP contribution in [0.15, 0.2) is 30.3 Å². The summed E-state index contributed by atoms with van der Waals surface area (Å²) in [6.07, 6.45) is 3.62. The van der Waals surface area contributed by atoms with Crippen LogP contribution in [0.2, 0.25) is 0 Å². The second-order valence-electron chi connectivity index (χ2n) is 7.70. The number of carboxylic acid groups (broad SMARTS) is 1. The molecule has 0 aromatic carbocycles. The number of hydrogen-bond donors (Lipinski definition) is 3. The fourth-order valence-electron chi connectivity index (χ4n) is 4.12. The Labute approximate surface area is 195 Å². The van der Waals surface area contributed by atoms with E-state index >= 15 is 0 Å². The molecular weight excluding hydrogens is 475 g/mol. The largest absolute Gasteiger partial charge is 0.490 e. The van der Waals surface area contributed by atoms with Crippen LogP contribution >= 0.6 is 11.3 Å². The van der Waals surface area contributed by atoms with Gasteiger partial charge in [-0.1, -0.05) is 0 Å². The summed E-state index contributed by atoms with van der Waals surface area (Å²) < 4.78 is 31.7. The van der Waals surface area contributed by atoms with Gasteiger partial charge in [0.15, 0.2) is 0 Å². The van der Waals surface area contributed by atoms with Crippen molar-refractivity contribution in [1.82, 2.24) is 35.1 Å². The first-order chi connectivity index (χ1) is 16.2. The third kappa shape index (κ3) is 4.77. The molecule has 1 amide bonds. The quantitative estimate of drug-likeness (QED) is 0.500. The maximum absolute atomic E-state index is 13.2. The van der Waals surface area contributed by atoms with Crippen LogP contribution in [0, 0.1) is 0 Å². The zero-order valence-corrected chi connectivity index (χ0v) is 18.5. The minimum atomic E-state index is -5.08. The topological polar surface area (TPSA) is 137 Å². The molecular formula is C20H20F3N7O3S. The Balaban J connectivity index is 0.000000344. The van der Waals surface area contributed by atoms with Crippen LogP contribution in [0.1, 0.15) is 23.5 Å². The number of carboxylic acids is 1. The highest BCUT2D eigenvalue weighted by Crippen LogP contribution is 2.39. The fourth-order valence-corrected chi connectivity index (χ4v) is 4.90. The number of imidazole rings is 1. The average molecular weight is 495 g/mol. The molecule has 0 aliphatic carbocycles. The highest BCUT2D eigenvalue weighted by Gasteiger charge is 2.48. The molecule has 34 heavy (non-hydrogen) atoms. The van der Waals surface area contributed by atoms with Crippen LogP contribution in [-0.4, -0.2) is 72.6 Å². The number of rotatable bonds is 3. The summed E-state index contributed by atoms with van der Waals surface area (Å²) in [6, 6.07) is 0. The number of hydrogen-bond acceptors (Lipinski definition) is 8. The first-order valence-electron chi connectivity index (χ1n) is 10.3. The van der Waals surface area contributed by atoms with E-state index in [1.807, 2.05) is 10.3 Å². The lowest BCUT2D eigenvalue weighted by atomic mass is 9.85. The molecule has 2 aliphatic heterocycles. The number of carbonyl (C=O) groups excluding carboxylic acids is 1. The summed E-state index contributed by atoms with van der Waals surface area (Å²) in [6.45, 7) is 2.35. The van der Waals surface area contributed by atoms with Crippen molar-refractivity contribution in [3.8, 4) is 10.7 Å². The van der Waals surface area contributed by atoms with E-state index in [4.69, 9.17) is 9.90 Å². The van der Waals surface area contributed by atoms with Gasteiger partial charge in [0, 0.05) is 43.0 Å². The fraction of sp³-hybridized carbons (Fsp3) is 0.400. The van der Waals surface area contributed by atoms with Gasteiger partial charge in [0.2, 0.25) is 5.91 Å². The van der Waals surface area contributed by atoms with Gasteiger partial charge in [-0.15, -0.1) is 11.3 Å². The van der Waals surface area contributed by atoms with E-state index in [0.717, 1.165) is 53.7 Å². The molecule has 3 aromatic heterocycles. The Morgan fingerprint density at radius 1 is 1.26 bits per heavy atom. The first kappa shape index (κ1) is 23.8. The lowest BCUT2D eigenvalue weighted by Crippen LogP contribution is -2.55. The highest BCUT2D eigenvalue weighted by atomic mass is 32.1. The van der Waals surface area contributed by atoms with E-state index in [0.29, 0.717) is 6.54 Å².